The van der Waals surface area contributed by atoms with E-state index in [2.05, 4.69) is 39.8 Å². The van der Waals surface area contributed by atoms with Gasteiger partial charge in [0.05, 0.1) is 18.3 Å². The van der Waals surface area contributed by atoms with E-state index in [-0.39, 0.29) is 48.4 Å². The maximum Gasteiger partial charge on any atom is 0.166 e. The predicted molar refractivity (Wildman–Crippen MR) is 171 cm³/mol. The number of rotatable bonds is 15. The van der Waals surface area contributed by atoms with Crippen molar-refractivity contribution in [3.05, 3.63) is 58.4 Å². The number of hydrogen-bond donors (Lipinski definition) is 5. The molecular weight excluding hydrogens is 528 g/mol. The highest BCUT2D eigenvalue weighted by Gasteiger charge is 2.43. The molecule has 2 aliphatic rings. The maximum absolute atomic E-state index is 13.2. The van der Waals surface area contributed by atoms with Crippen LogP contribution in [0.1, 0.15) is 106 Å². The number of allylic oxidation sites excluding steroid dienone is 6. The molecular formula is C36H58O6. The smallest absolute Gasteiger partial charge is 0.166 e. The van der Waals surface area contributed by atoms with Gasteiger partial charge in [0.1, 0.15) is 5.76 Å². The van der Waals surface area contributed by atoms with Crippen LogP contribution in [0, 0.1) is 29.1 Å². The molecule has 238 valence electrons. The lowest BCUT2D eigenvalue weighted by molar-refractivity contribution is -0.118. The molecule has 0 unspecified atom stereocenters. The highest BCUT2D eigenvalue weighted by atomic mass is 16.3. The molecule has 6 nitrogen and oxygen atoms in total. The van der Waals surface area contributed by atoms with Crippen LogP contribution in [-0.2, 0) is 4.79 Å². The highest BCUT2D eigenvalue weighted by Crippen LogP contribution is 2.42. The topological polar surface area (TPSA) is 118 Å². The number of aliphatic hydroxyl groups excluding tert-OH is 5. The predicted octanol–water partition coefficient (Wildman–Crippen LogP) is 6.91. The largest absolute Gasteiger partial charge is 0.508 e. The lowest BCUT2D eigenvalue weighted by Gasteiger charge is -2.39. The van der Waals surface area contributed by atoms with Crippen molar-refractivity contribution in [2.24, 2.45) is 29.1 Å². The van der Waals surface area contributed by atoms with E-state index in [1.54, 1.807) is 6.08 Å². The maximum atomic E-state index is 13.2. The third-order valence-electron chi connectivity index (χ3n) is 9.24. The molecule has 0 bridgehead atoms. The zero-order valence-electron chi connectivity index (χ0n) is 27.1. The minimum Gasteiger partial charge on any atom is -0.508 e. The van der Waals surface area contributed by atoms with Gasteiger partial charge in [-0.25, -0.2) is 0 Å². The van der Waals surface area contributed by atoms with Gasteiger partial charge in [-0.2, -0.15) is 0 Å². The van der Waals surface area contributed by atoms with Crippen LogP contribution in [0.3, 0.4) is 0 Å². The summed E-state index contributed by atoms with van der Waals surface area (Å²) in [6.45, 7) is 14.5. The van der Waals surface area contributed by atoms with Gasteiger partial charge in [-0.05, 0) is 56.9 Å². The summed E-state index contributed by atoms with van der Waals surface area (Å²) in [5.41, 5.74) is 2.33. The molecule has 5 N–H and O–H groups in total. The fourth-order valence-corrected chi connectivity index (χ4v) is 6.58. The Morgan fingerprint density at radius 1 is 1.10 bits per heavy atom. The van der Waals surface area contributed by atoms with Gasteiger partial charge in [0, 0.05) is 29.9 Å². The molecule has 2 rings (SSSR count). The summed E-state index contributed by atoms with van der Waals surface area (Å²) in [6, 6.07) is 0. The third-order valence-corrected chi connectivity index (χ3v) is 9.24. The van der Waals surface area contributed by atoms with Crippen LogP contribution in [0.25, 0.3) is 0 Å². The lowest BCUT2D eigenvalue weighted by atomic mass is 9.69. The van der Waals surface area contributed by atoms with Gasteiger partial charge < -0.3 is 25.5 Å². The summed E-state index contributed by atoms with van der Waals surface area (Å²) in [5.74, 6) is -0.599. The van der Waals surface area contributed by atoms with E-state index in [1.807, 2.05) is 26.8 Å². The molecule has 0 saturated heterocycles. The van der Waals surface area contributed by atoms with Gasteiger partial charge in [0.2, 0.25) is 0 Å². The fraction of sp³-hybridized carbons (Fsp3) is 0.694. The van der Waals surface area contributed by atoms with Crippen molar-refractivity contribution >= 4 is 5.78 Å². The van der Waals surface area contributed by atoms with Crippen LogP contribution < -0.4 is 0 Å². The summed E-state index contributed by atoms with van der Waals surface area (Å²) in [4.78, 5) is 13.2. The van der Waals surface area contributed by atoms with Crippen LogP contribution in [0.4, 0.5) is 0 Å². The number of hydrogen-bond acceptors (Lipinski definition) is 6. The van der Waals surface area contributed by atoms with Crippen LogP contribution in [0.5, 0.6) is 0 Å². The number of carbonyl (C=O) groups excluding carboxylic acids is 1. The third kappa shape index (κ3) is 10.3. The lowest BCUT2D eigenvalue weighted by Crippen LogP contribution is -2.44. The number of Topliss-reactive ketones (excluding diaryl/α,β-unsaturated/α-hetero) is 1. The summed E-state index contributed by atoms with van der Waals surface area (Å²) in [6.07, 6.45) is 14.7. The van der Waals surface area contributed by atoms with E-state index in [4.69, 9.17) is 0 Å². The Morgan fingerprint density at radius 3 is 2.40 bits per heavy atom. The summed E-state index contributed by atoms with van der Waals surface area (Å²) in [7, 11) is 0. The molecule has 6 heteroatoms. The van der Waals surface area contributed by atoms with E-state index in [0.717, 1.165) is 12.0 Å². The van der Waals surface area contributed by atoms with Gasteiger partial charge in [-0.15, -0.1) is 0 Å². The molecule has 7 atom stereocenters. The first-order chi connectivity index (χ1) is 19.7. The van der Waals surface area contributed by atoms with Crippen LogP contribution in [0.2, 0.25) is 0 Å². The van der Waals surface area contributed by atoms with E-state index in [1.165, 1.54) is 43.8 Å². The number of unbranched alkanes of at least 4 members (excludes halogenated alkanes) is 3. The van der Waals surface area contributed by atoms with Crippen LogP contribution >= 0.6 is 0 Å². The minimum absolute atomic E-state index is 0.00730. The van der Waals surface area contributed by atoms with Crippen molar-refractivity contribution in [3.8, 4) is 0 Å². The molecule has 0 aromatic carbocycles. The van der Waals surface area contributed by atoms with Crippen molar-refractivity contribution in [3.63, 3.8) is 0 Å². The molecule has 1 fully saturated rings. The Kier molecular flexibility index (Phi) is 14.4. The molecule has 0 heterocycles. The Balaban J connectivity index is 2.08. The molecule has 0 spiro atoms. The summed E-state index contributed by atoms with van der Waals surface area (Å²) < 4.78 is 0. The number of aliphatic hydroxyl groups is 5. The van der Waals surface area contributed by atoms with Crippen molar-refractivity contribution in [1.82, 2.24) is 0 Å². The Labute approximate surface area is 254 Å². The van der Waals surface area contributed by atoms with Gasteiger partial charge in [0.25, 0.3) is 0 Å². The first-order valence-corrected chi connectivity index (χ1v) is 16.1. The van der Waals surface area contributed by atoms with Crippen molar-refractivity contribution in [2.45, 2.75) is 125 Å². The fourth-order valence-electron chi connectivity index (χ4n) is 6.58. The van der Waals surface area contributed by atoms with Crippen molar-refractivity contribution in [1.29, 1.82) is 0 Å². The van der Waals surface area contributed by atoms with E-state index < -0.39 is 29.6 Å². The standard InChI is InChI=1S/C36H58O6/c1-8-9-10-11-12-23(2)15-25(4)17-26(5)16-24(3)13-14-33(41)36(6,7)28-20-30(38)34(31(39)21-28)29-18-27(22-37)19-32(40)35(29)42/h13-14,16-17,20,23,26-27,29,32-33,35,37-38,40-42H,8-12,15,18-19,21-22H2,1-7H3/b14-13+,24-16+,25-17-/t23-,26-,27-,29-,32-,33-,35-/m0/s1. The zero-order chi connectivity index (χ0) is 31.6. The Morgan fingerprint density at radius 2 is 1.79 bits per heavy atom. The Bertz CT molecular complexity index is 1050. The van der Waals surface area contributed by atoms with Gasteiger partial charge >= 0.3 is 0 Å². The molecule has 0 aromatic heterocycles. The van der Waals surface area contributed by atoms with E-state index in [9.17, 15) is 30.3 Å². The quantitative estimate of drug-likeness (QED) is 0.0809. The van der Waals surface area contributed by atoms with Crippen molar-refractivity contribution < 1.29 is 30.3 Å². The second-order valence-corrected chi connectivity index (χ2v) is 13.7. The minimum atomic E-state index is -1.18. The van der Waals surface area contributed by atoms with E-state index >= 15 is 0 Å². The van der Waals surface area contributed by atoms with Gasteiger partial charge in [0.15, 0.2) is 5.78 Å². The summed E-state index contributed by atoms with van der Waals surface area (Å²) >= 11 is 0. The SMILES string of the molecule is CCCCCC[C@H](C)C/C(C)=C\[C@@H](C)/C=C(C)/C=C/[C@H](O)C(C)(C)C1=CC(O)=C([C@@H]2C[C@H](CO)C[C@H](O)[C@H]2O)C(=O)C1. The first-order valence-electron chi connectivity index (χ1n) is 16.1. The molecule has 0 amide bonds. The van der Waals surface area contributed by atoms with Gasteiger partial charge in [-0.3, -0.25) is 4.79 Å². The average molecular weight is 587 g/mol. The van der Waals surface area contributed by atoms with Crippen molar-refractivity contribution in [2.75, 3.05) is 6.61 Å². The number of carbonyl (C=O) groups is 1. The number of ketones is 1. The monoisotopic (exact) mass is 586 g/mol. The van der Waals surface area contributed by atoms with Crippen LogP contribution in [-0.4, -0.2) is 56.2 Å². The molecule has 0 radical (unpaired) electrons. The van der Waals surface area contributed by atoms with Crippen LogP contribution in [0.15, 0.2) is 58.4 Å². The Hall–Kier alpha value is -1.99. The second kappa shape index (κ2) is 16.7. The normalized spacial score (nSPS) is 26.9. The molecule has 0 aromatic rings. The molecule has 2 aliphatic carbocycles. The zero-order valence-corrected chi connectivity index (χ0v) is 27.1. The van der Waals surface area contributed by atoms with E-state index in [0.29, 0.717) is 17.9 Å². The first kappa shape index (κ1) is 36.2. The van der Waals surface area contributed by atoms with Gasteiger partial charge in [-0.1, -0.05) is 108 Å². The molecule has 0 aliphatic heterocycles. The highest BCUT2D eigenvalue weighted by molar-refractivity contribution is 5.99. The summed E-state index contributed by atoms with van der Waals surface area (Å²) in [5, 5.41) is 52.4. The molecule has 42 heavy (non-hydrogen) atoms. The molecule has 1 saturated carbocycles. The average Bonchev–Trinajstić information content (AvgIpc) is 2.91. The second-order valence-electron chi connectivity index (χ2n) is 13.7.